The monoisotopic (exact) mass is 422 g/mol. The summed E-state index contributed by atoms with van der Waals surface area (Å²) in [5.74, 6) is -1.11. The molecule has 1 saturated heterocycles. The van der Waals surface area contributed by atoms with Crippen LogP contribution in [0.2, 0.25) is 0 Å². The highest BCUT2D eigenvalue weighted by molar-refractivity contribution is 7.88. The number of aliphatic hydroxyl groups excluding tert-OH is 1. The third-order valence-corrected chi connectivity index (χ3v) is 7.94. The number of methoxy groups -OCH3 is 1. The minimum atomic E-state index is -4.10. The zero-order valence-corrected chi connectivity index (χ0v) is 17.5. The van der Waals surface area contributed by atoms with Gasteiger partial charge in [0.1, 0.15) is 6.17 Å². The van der Waals surface area contributed by atoms with Crippen molar-refractivity contribution in [2.75, 3.05) is 20.3 Å². The Balaban J connectivity index is 1.65. The number of ether oxygens (including phenoxy) is 2. The molecule has 6 unspecified atom stereocenters. The molecular weight excluding hydrogens is 391 g/mol. The minimum Gasteiger partial charge on any atom is -0.391 e. The fourth-order valence-electron chi connectivity index (χ4n) is 4.63. The smallest absolute Gasteiger partial charge is 0.304 e. The number of hydrogen-bond acceptors (Lipinski definition) is 6. The second-order valence-electron chi connectivity index (χ2n) is 8.76. The average Bonchev–Trinajstić information content (AvgIpc) is 2.87. The van der Waals surface area contributed by atoms with E-state index in [9.17, 15) is 18.3 Å². The van der Waals surface area contributed by atoms with Gasteiger partial charge in [-0.2, -0.15) is 12.7 Å². The Morgan fingerprint density at radius 1 is 1.32 bits per heavy atom. The Morgan fingerprint density at radius 2 is 2.04 bits per heavy atom. The van der Waals surface area contributed by atoms with E-state index in [2.05, 4.69) is 0 Å². The van der Waals surface area contributed by atoms with Gasteiger partial charge in [0, 0.05) is 13.7 Å². The second kappa shape index (κ2) is 8.14. The number of hydrogen-bond donors (Lipinski definition) is 2. The molecule has 0 aromatic carbocycles. The minimum absolute atomic E-state index is 0.00881. The first-order valence-corrected chi connectivity index (χ1v) is 11.3. The maximum atomic E-state index is 15.4. The fourth-order valence-corrected chi connectivity index (χ4v) is 5.96. The van der Waals surface area contributed by atoms with Gasteiger partial charge >= 0.3 is 10.2 Å². The van der Waals surface area contributed by atoms with Gasteiger partial charge < -0.3 is 14.6 Å². The Bertz CT molecular complexity index is 688. The molecule has 0 radical (unpaired) electrons. The van der Waals surface area contributed by atoms with Crippen molar-refractivity contribution in [2.24, 2.45) is 11.8 Å². The quantitative estimate of drug-likeness (QED) is 0.655. The zero-order chi connectivity index (χ0) is 20.7. The highest BCUT2D eigenvalue weighted by Gasteiger charge is 2.53. The third kappa shape index (κ3) is 4.51. The molecule has 1 aliphatic heterocycles. The van der Waals surface area contributed by atoms with E-state index in [0.717, 1.165) is 17.1 Å². The summed E-state index contributed by atoms with van der Waals surface area (Å²) in [6.07, 6.45) is 0.290. The molecule has 0 aromatic heterocycles. The maximum absolute atomic E-state index is 15.4. The maximum Gasteiger partial charge on any atom is 0.304 e. The van der Waals surface area contributed by atoms with Crippen LogP contribution in [0.25, 0.3) is 0 Å². The zero-order valence-electron chi connectivity index (χ0n) is 16.6. The molecule has 28 heavy (non-hydrogen) atoms. The van der Waals surface area contributed by atoms with Crippen molar-refractivity contribution in [2.45, 2.75) is 76.0 Å². The van der Waals surface area contributed by atoms with Gasteiger partial charge in [-0.15, -0.1) is 0 Å². The van der Waals surface area contributed by atoms with Gasteiger partial charge in [-0.05, 0) is 57.8 Å². The summed E-state index contributed by atoms with van der Waals surface area (Å²) < 4.78 is 53.6. The van der Waals surface area contributed by atoms with E-state index < -0.39 is 46.9 Å². The van der Waals surface area contributed by atoms with E-state index in [4.69, 9.17) is 9.47 Å². The van der Waals surface area contributed by atoms with Crippen molar-refractivity contribution < 1.29 is 32.2 Å². The molecule has 0 aromatic rings. The number of amides is 1. The summed E-state index contributed by atoms with van der Waals surface area (Å²) in [6, 6.07) is -1.24. The van der Waals surface area contributed by atoms with Crippen molar-refractivity contribution in [3.63, 3.8) is 0 Å². The molecule has 0 bridgehead atoms. The molecule has 8 nitrogen and oxygen atoms in total. The predicted molar refractivity (Wildman–Crippen MR) is 99.4 cm³/mol. The molecule has 3 fully saturated rings. The van der Waals surface area contributed by atoms with Crippen LogP contribution in [0.4, 0.5) is 4.39 Å². The van der Waals surface area contributed by atoms with Gasteiger partial charge in [0.05, 0.1) is 30.4 Å². The Labute approximate surface area is 165 Å². The number of aliphatic hydroxyl groups is 1. The van der Waals surface area contributed by atoms with Crippen LogP contribution >= 0.6 is 0 Å². The first-order chi connectivity index (χ1) is 13.0. The van der Waals surface area contributed by atoms with Crippen LogP contribution in [0.3, 0.4) is 0 Å². The lowest BCUT2D eigenvalue weighted by atomic mass is 9.66. The van der Waals surface area contributed by atoms with Crippen molar-refractivity contribution >= 4 is 16.1 Å². The lowest BCUT2D eigenvalue weighted by Gasteiger charge is -2.47. The third-order valence-electron chi connectivity index (χ3n) is 6.47. The molecule has 1 amide bonds. The summed E-state index contributed by atoms with van der Waals surface area (Å²) in [7, 11) is -2.45. The molecule has 0 spiro atoms. The first-order valence-electron chi connectivity index (χ1n) is 9.85. The van der Waals surface area contributed by atoms with Crippen molar-refractivity contribution in [1.29, 1.82) is 0 Å². The summed E-state index contributed by atoms with van der Waals surface area (Å²) in [5.41, 5.74) is -0.288. The van der Waals surface area contributed by atoms with Crippen LogP contribution in [-0.4, -0.2) is 74.0 Å². The summed E-state index contributed by atoms with van der Waals surface area (Å²) in [4.78, 5) is 11.5. The largest absolute Gasteiger partial charge is 0.391 e. The van der Waals surface area contributed by atoms with Crippen LogP contribution in [0.15, 0.2) is 0 Å². The highest BCUT2D eigenvalue weighted by atomic mass is 32.2. The van der Waals surface area contributed by atoms with Gasteiger partial charge in [0.2, 0.25) is 5.91 Å². The van der Waals surface area contributed by atoms with E-state index in [1.165, 1.54) is 0 Å². The number of alkyl halides is 1. The van der Waals surface area contributed by atoms with Gasteiger partial charge in [-0.1, -0.05) is 0 Å². The van der Waals surface area contributed by atoms with Crippen LogP contribution in [0, 0.1) is 11.8 Å². The van der Waals surface area contributed by atoms with Crippen molar-refractivity contribution in [3.8, 4) is 0 Å². The number of rotatable bonds is 6. The molecular formula is C18H31FN2O6S. The fraction of sp³-hybridized carbons (Fsp3) is 0.944. The number of fused-ring (bicyclic) bond motifs is 1. The normalized spacial score (nSPS) is 38.8. The van der Waals surface area contributed by atoms with E-state index in [-0.39, 0.29) is 17.6 Å². The lowest BCUT2D eigenvalue weighted by molar-refractivity contribution is -0.121. The molecule has 2 N–H and O–H groups in total. The molecule has 10 heteroatoms. The Hall–Kier alpha value is -0.810. The van der Waals surface area contributed by atoms with Crippen molar-refractivity contribution in [3.05, 3.63) is 0 Å². The Kier molecular flexibility index (Phi) is 6.36. The number of nitrogens with one attached hydrogen (secondary N) is 1. The van der Waals surface area contributed by atoms with Crippen LogP contribution in [0.1, 0.15) is 46.0 Å². The SMILES string of the molecule is COC(C)(C)CCOC1CCC2CC(O)C(N3CC(=O)NS3(=O)=O)C(F)C2C1. The van der Waals surface area contributed by atoms with Crippen LogP contribution in [-0.2, 0) is 24.5 Å². The topological polar surface area (TPSA) is 105 Å². The number of nitrogens with zero attached hydrogens (tertiary/aromatic N) is 1. The van der Waals surface area contributed by atoms with Gasteiger partial charge in [0.15, 0.2) is 0 Å². The molecule has 1 heterocycles. The summed E-state index contributed by atoms with van der Waals surface area (Å²) >= 11 is 0. The number of carbonyl (C=O) groups excluding carboxylic acids is 1. The molecule has 2 aliphatic carbocycles. The van der Waals surface area contributed by atoms with Crippen LogP contribution in [0.5, 0.6) is 0 Å². The van der Waals surface area contributed by atoms with Gasteiger partial charge in [-0.3, -0.25) is 4.79 Å². The number of carbonyl (C=O) groups is 1. The summed E-state index contributed by atoms with van der Waals surface area (Å²) in [5, 5.41) is 10.5. The standard InChI is InChI=1S/C18H31FN2O6S/c1-18(2,26-3)6-7-27-12-5-4-11-8-14(22)17(16(19)13(11)9-12)21-10-15(23)20-28(21,24)25/h11-14,16-17,22H,4-10H2,1-3H3,(H,20,23). The van der Waals surface area contributed by atoms with Gasteiger partial charge in [-0.25, -0.2) is 9.11 Å². The van der Waals surface area contributed by atoms with E-state index in [1.54, 1.807) is 7.11 Å². The average molecular weight is 423 g/mol. The highest BCUT2D eigenvalue weighted by Crippen LogP contribution is 2.45. The van der Waals surface area contributed by atoms with Gasteiger partial charge in [0.25, 0.3) is 0 Å². The second-order valence-corrected chi connectivity index (χ2v) is 10.4. The van der Waals surface area contributed by atoms with E-state index >= 15 is 4.39 Å². The Morgan fingerprint density at radius 3 is 2.64 bits per heavy atom. The lowest BCUT2D eigenvalue weighted by Crippen LogP contribution is -2.59. The summed E-state index contributed by atoms with van der Waals surface area (Å²) in [6.45, 7) is 4.01. The molecule has 3 aliphatic rings. The molecule has 6 atom stereocenters. The van der Waals surface area contributed by atoms with Crippen molar-refractivity contribution in [1.82, 2.24) is 9.03 Å². The molecule has 3 rings (SSSR count). The van der Waals surface area contributed by atoms with E-state index in [1.807, 2.05) is 18.6 Å². The molecule has 162 valence electrons. The predicted octanol–water partition coefficient (Wildman–Crippen LogP) is 0.751. The van der Waals surface area contributed by atoms with E-state index in [0.29, 0.717) is 25.9 Å². The number of halogens is 1. The molecule has 2 saturated carbocycles. The van der Waals surface area contributed by atoms with Crippen LogP contribution < -0.4 is 4.72 Å². The first kappa shape index (κ1) is 21.9.